The fourth-order valence-corrected chi connectivity index (χ4v) is 4.89. The molecule has 0 aliphatic heterocycles. The number of quaternary nitrogens is 1. The van der Waals surface area contributed by atoms with Gasteiger partial charge >= 0.3 is 7.82 Å². The predicted molar refractivity (Wildman–Crippen MR) is 162 cm³/mol. The van der Waals surface area contributed by atoms with Crippen LogP contribution in [0.5, 0.6) is 0 Å². The number of carbonyl (C=O) groups excluding carboxylic acids is 1. The molecule has 3 unspecified atom stereocenters. The van der Waals surface area contributed by atoms with Crippen LogP contribution in [0.1, 0.15) is 123 Å². The lowest BCUT2D eigenvalue weighted by Crippen LogP contribution is -2.45. The number of phosphoric ester groups is 1. The van der Waals surface area contributed by atoms with Gasteiger partial charge in [-0.3, -0.25) is 13.8 Å². The molecule has 1 amide bonds. The van der Waals surface area contributed by atoms with E-state index >= 15 is 0 Å². The summed E-state index contributed by atoms with van der Waals surface area (Å²) in [6, 6.07) is -0.834. The van der Waals surface area contributed by atoms with Gasteiger partial charge in [0.15, 0.2) is 0 Å². The zero-order chi connectivity index (χ0) is 29.4. The number of rotatable bonds is 27. The molecule has 39 heavy (non-hydrogen) atoms. The maximum atomic E-state index is 12.5. The van der Waals surface area contributed by atoms with Crippen molar-refractivity contribution in [3.05, 3.63) is 12.2 Å². The third-order valence-electron chi connectivity index (χ3n) is 6.76. The smallest absolute Gasteiger partial charge is 0.387 e. The molecule has 8 nitrogen and oxygen atoms in total. The predicted octanol–water partition coefficient (Wildman–Crippen LogP) is 6.90. The van der Waals surface area contributed by atoms with Gasteiger partial charge in [-0.2, -0.15) is 0 Å². The van der Waals surface area contributed by atoms with Crippen molar-refractivity contribution in [3.8, 4) is 0 Å². The van der Waals surface area contributed by atoms with E-state index in [1.807, 2.05) is 27.2 Å². The molecule has 3 atom stereocenters. The van der Waals surface area contributed by atoms with E-state index in [9.17, 15) is 19.4 Å². The van der Waals surface area contributed by atoms with Crippen LogP contribution in [0, 0.1) is 0 Å². The second kappa shape index (κ2) is 23.9. The van der Waals surface area contributed by atoms with Gasteiger partial charge < -0.3 is 19.8 Å². The van der Waals surface area contributed by atoms with Crippen LogP contribution >= 0.6 is 7.82 Å². The van der Waals surface area contributed by atoms with Crippen LogP contribution in [0.25, 0.3) is 0 Å². The number of amides is 1. The maximum absolute atomic E-state index is 12.5. The summed E-state index contributed by atoms with van der Waals surface area (Å²) in [5.74, 6) is -0.198. The second-order valence-electron chi connectivity index (χ2n) is 11.8. The normalized spacial score (nSPS) is 15.4. The Morgan fingerprint density at radius 1 is 0.846 bits per heavy atom. The summed E-state index contributed by atoms with van der Waals surface area (Å²) in [5.41, 5.74) is 0. The number of carbonyl (C=O) groups is 1. The average Bonchev–Trinajstić information content (AvgIpc) is 2.86. The number of aliphatic hydroxyl groups excluding tert-OH is 1. The molecule has 0 spiro atoms. The van der Waals surface area contributed by atoms with Gasteiger partial charge in [0.1, 0.15) is 13.2 Å². The number of phosphoric acid groups is 1. The third kappa shape index (κ3) is 25.9. The van der Waals surface area contributed by atoms with Gasteiger partial charge in [0.2, 0.25) is 5.91 Å². The molecular weight excluding hydrogens is 515 g/mol. The summed E-state index contributed by atoms with van der Waals surface area (Å²) in [7, 11) is 1.57. The van der Waals surface area contributed by atoms with Gasteiger partial charge in [0.25, 0.3) is 0 Å². The van der Waals surface area contributed by atoms with E-state index in [4.69, 9.17) is 9.05 Å². The van der Waals surface area contributed by atoms with Gasteiger partial charge in [-0.25, -0.2) is 4.57 Å². The highest BCUT2D eigenvalue weighted by Crippen LogP contribution is 2.43. The van der Waals surface area contributed by atoms with E-state index < -0.39 is 20.0 Å². The highest BCUT2D eigenvalue weighted by atomic mass is 31.2. The number of hydrogen-bond donors (Lipinski definition) is 3. The molecule has 0 heterocycles. The van der Waals surface area contributed by atoms with Gasteiger partial charge in [-0.1, -0.05) is 109 Å². The molecule has 0 rings (SSSR count). The molecule has 0 saturated carbocycles. The number of hydrogen-bond acceptors (Lipinski definition) is 5. The minimum absolute atomic E-state index is 0.0626. The largest absolute Gasteiger partial charge is 0.472 e. The van der Waals surface area contributed by atoms with Crippen LogP contribution in [0.15, 0.2) is 12.2 Å². The molecule has 9 heteroatoms. The number of nitrogens with one attached hydrogen (secondary N) is 1. The van der Waals surface area contributed by atoms with E-state index in [0.29, 0.717) is 17.4 Å². The summed E-state index contributed by atoms with van der Waals surface area (Å²) in [6.45, 7) is 4.65. The SMILES string of the molecule is CCCCCCCCCCCCC/C=C/C(O)C(COP(=O)(O)OCC[N+](C)(C)C)NC(=O)CCCCCC. The molecule has 0 aromatic carbocycles. The Morgan fingerprint density at radius 2 is 1.36 bits per heavy atom. The van der Waals surface area contributed by atoms with Crippen LogP contribution in [-0.4, -0.2) is 73.4 Å². The second-order valence-corrected chi connectivity index (χ2v) is 13.3. The molecular formula is C30H62N2O6P+. The van der Waals surface area contributed by atoms with Crippen molar-refractivity contribution in [1.29, 1.82) is 0 Å². The van der Waals surface area contributed by atoms with Crippen molar-refractivity contribution in [2.24, 2.45) is 0 Å². The van der Waals surface area contributed by atoms with E-state index in [2.05, 4.69) is 19.2 Å². The monoisotopic (exact) mass is 577 g/mol. The molecule has 0 fully saturated rings. The van der Waals surface area contributed by atoms with Crippen molar-refractivity contribution >= 4 is 13.7 Å². The van der Waals surface area contributed by atoms with Gasteiger partial charge in [0.05, 0.1) is 39.9 Å². The molecule has 0 aliphatic rings. The highest BCUT2D eigenvalue weighted by Gasteiger charge is 2.27. The maximum Gasteiger partial charge on any atom is 0.472 e. The van der Waals surface area contributed by atoms with Crippen LogP contribution in [-0.2, 0) is 18.4 Å². The third-order valence-corrected chi connectivity index (χ3v) is 7.74. The summed E-state index contributed by atoms with van der Waals surface area (Å²) >= 11 is 0. The average molecular weight is 578 g/mol. The van der Waals surface area contributed by atoms with Crippen LogP contribution in [0.3, 0.4) is 0 Å². The minimum atomic E-state index is -4.30. The van der Waals surface area contributed by atoms with E-state index in [-0.39, 0.29) is 19.1 Å². The fourth-order valence-electron chi connectivity index (χ4n) is 4.15. The Morgan fingerprint density at radius 3 is 1.90 bits per heavy atom. The first-order valence-electron chi connectivity index (χ1n) is 15.6. The molecule has 0 aliphatic carbocycles. The fraction of sp³-hybridized carbons (Fsp3) is 0.900. The first-order chi connectivity index (χ1) is 18.5. The first kappa shape index (κ1) is 38.2. The van der Waals surface area contributed by atoms with E-state index in [1.165, 1.54) is 57.8 Å². The van der Waals surface area contributed by atoms with Crippen molar-refractivity contribution in [3.63, 3.8) is 0 Å². The van der Waals surface area contributed by atoms with Crippen LogP contribution in [0.4, 0.5) is 0 Å². The quantitative estimate of drug-likeness (QED) is 0.0425. The molecule has 0 saturated heterocycles. The Balaban J connectivity index is 4.53. The zero-order valence-electron chi connectivity index (χ0n) is 25.9. The lowest BCUT2D eigenvalue weighted by molar-refractivity contribution is -0.870. The number of aliphatic hydroxyl groups is 1. The van der Waals surface area contributed by atoms with Crippen molar-refractivity contribution in [1.82, 2.24) is 5.32 Å². The summed E-state index contributed by atoms with van der Waals surface area (Å²) in [5, 5.41) is 13.5. The Kier molecular flexibility index (Phi) is 23.4. The van der Waals surface area contributed by atoms with Gasteiger partial charge in [-0.15, -0.1) is 0 Å². The van der Waals surface area contributed by atoms with Gasteiger partial charge in [-0.05, 0) is 19.3 Å². The Bertz CT molecular complexity index is 668. The lowest BCUT2D eigenvalue weighted by atomic mass is 10.0. The van der Waals surface area contributed by atoms with Crippen molar-refractivity contribution < 1.29 is 32.9 Å². The van der Waals surface area contributed by atoms with Gasteiger partial charge in [0, 0.05) is 6.42 Å². The van der Waals surface area contributed by atoms with Crippen molar-refractivity contribution in [2.45, 2.75) is 135 Å². The topological polar surface area (TPSA) is 105 Å². The number of allylic oxidation sites excluding steroid dienone is 1. The van der Waals surface area contributed by atoms with Crippen molar-refractivity contribution in [2.75, 3.05) is 40.9 Å². The number of unbranched alkanes of at least 4 members (excludes halogenated alkanes) is 14. The number of likely N-dealkylation sites (N-methyl/N-ethyl adjacent to an activating group) is 1. The van der Waals surface area contributed by atoms with Crippen LogP contribution in [0.2, 0.25) is 0 Å². The van der Waals surface area contributed by atoms with Crippen LogP contribution < -0.4 is 5.32 Å². The summed E-state index contributed by atoms with van der Waals surface area (Å²) in [4.78, 5) is 22.5. The summed E-state index contributed by atoms with van der Waals surface area (Å²) in [6.07, 6.45) is 21.8. The Labute approximate surface area is 240 Å². The first-order valence-corrected chi connectivity index (χ1v) is 17.1. The molecule has 0 aromatic rings. The lowest BCUT2D eigenvalue weighted by Gasteiger charge is -2.25. The molecule has 3 N–H and O–H groups in total. The Hall–Kier alpha value is -0.760. The van der Waals surface area contributed by atoms with E-state index in [0.717, 1.165) is 44.9 Å². The molecule has 0 aromatic heterocycles. The summed E-state index contributed by atoms with van der Waals surface area (Å²) < 4.78 is 23.2. The molecule has 232 valence electrons. The molecule has 0 radical (unpaired) electrons. The zero-order valence-corrected chi connectivity index (χ0v) is 26.8. The highest BCUT2D eigenvalue weighted by molar-refractivity contribution is 7.47. The standard InChI is InChI=1S/C30H61N2O6P/c1-6-8-10-12-13-14-15-16-17-18-19-20-21-23-29(33)28(31-30(34)24-22-11-9-7-2)27-38-39(35,36)37-26-25-32(3,4)5/h21,23,28-29,33H,6-20,22,24-27H2,1-5H3,(H-,31,34,35,36)/p+1/b23-21+. The minimum Gasteiger partial charge on any atom is -0.387 e. The molecule has 0 bridgehead atoms. The number of nitrogens with zero attached hydrogens (tertiary/aromatic N) is 1. The van der Waals surface area contributed by atoms with E-state index in [1.54, 1.807) is 6.08 Å².